The standard InChI is InChI=1S/C28H28F6N4O2/c29-27(30,31)20-13-18(14-21(16-20)28(32,33)34)5-6-25-24(15-19-17-35-23-4-2-1-3-22(19)23)36-26(39)38(25)8-7-37-9-11-40-12-10-37/h1-4,13-14,16-17,25,35H,5-12,15H2. The summed E-state index contributed by atoms with van der Waals surface area (Å²) in [5.41, 5.74) is -0.443. The van der Waals surface area contributed by atoms with E-state index in [4.69, 9.17) is 4.74 Å². The number of benzene rings is 2. The summed E-state index contributed by atoms with van der Waals surface area (Å²) in [6.45, 7) is 3.47. The van der Waals surface area contributed by atoms with Gasteiger partial charge in [-0.25, -0.2) is 9.79 Å². The molecule has 1 atom stereocenters. The van der Waals surface area contributed by atoms with Crippen molar-refractivity contribution in [2.24, 2.45) is 4.99 Å². The third kappa shape index (κ3) is 6.33. The Morgan fingerprint density at radius 3 is 2.30 bits per heavy atom. The van der Waals surface area contributed by atoms with Gasteiger partial charge in [0.15, 0.2) is 0 Å². The molecule has 2 aromatic carbocycles. The van der Waals surface area contributed by atoms with E-state index in [2.05, 4.69) is 14.9 Å². The highest BCUT2D eigenvalue weighted by molar-refractivity contribution is 6.06. The molecule has 0 aliphatic carbocycles. The number of hydrogen-bond acceptors (Lipinski definition) is 3. The number of aliphatic imine (C=N–C) groups is 1. The number of halogens is 6. The van der Waals surface area contributed by atoms with Gasteiger partial charge in [-0.1, -0.05) is 18.2 Å². The molecule has 214 valence electrons. The monoisotopic (exact) mass is 566 g/mol. The van der Waals surface area contributed by atoms with Crippen molar-refractivity contribution >= 4 is 22.6 Å². The second kappa shape index (κ2) is 11.2. The normalized spacial score (nSPS) is 19.1. The van der Waals surface area contributed by atoms with Crippen molar-refractivity contribution < 1.29 is 35.9 Å². The summed E-state index contributed by atoms with van der Waals surface area (Å²) >= 11 is 0. The Bertz CT molecular complexity index is 1360. The maximum Gasteiger partial charge on any atom is 0.416 e. The Labute approximate surface area is 226 Å². The van der Waals surface area contributed by atoms with E-state index in [9.17, 15) is 31.1 Å². The molecule has 1 unspecified atom stereocenters. The number of aromatic nitrogens is 1. The fourth-order valence-electron chi connectivity index (χ4n) is 5.32. The number of aryl methyl sites for hydroxylation is 1. The second-order valence-electron chi connectivity index (χ2n) is 10.0. The highest BCUT2D eigenvalue weighted by Gasteiger charge is 2.38. The second-order valence-corrected chi connectivity index (χ2v) is 10.0. The van der Waals surface area contributed by atoms with Crippen LogP contribution >= 0.6 is 0 Å². The van der Waals surface area contributed by atoms with Gasteiger partial charge >= 0.3 is 18.4 Å². The van der Waals surface area contributed by atoms with Gasteiger partial charge in [0.1, 0.15) is 0 Å². The number of para-hydroxylation sites is 1. The number of rotatable bonds is 8. The topological polar surface area (TPSA) is 60.9 Å². The summed E-state index contributed by atoms with van der Waals surface area (Å²) < 4.78 is 85.9. The van der Waals surface area contributed by atoms with Crippen LogP contribution in [0.1, 0.15) is 28.7 Å². The summed E-state index contributed by atoms with van der Waals surface area (Å²) in [5.74, 6) is 0. The lowest BCUT2D eigenvalue weighted by Gasteiger charge is -2.31. The lowest BCUT2D eigenvalue weighted by atomic mass is 9.95. The SMILES string of the molecule is O=C1N=C(Cc2c[nH]c3ccccc23)C(CCc2cc(C(F)(F)F)cc(C(F)(F)F)c2)N1CCN1CCOCC1. The van der Waals surface area contributed by atoms with Gasteiger partial charge < -0.3 is 14.6 Å². The van der Waals surface area contributed by atoms with E-state index in [0.717, 1.165) is 28.6 Å². The molecule has 3 aromatic rings. The zero-order chi connectivity index (χ0) is 28.5. The van der Waals surface area contributed by atoms with Gasteiger partial charge in [0.25, 0.3) is 0 Å². The number of morpholine rings is 1. The van der Waals surface area contributed by atoms with E-state index in [1.165, 1.54) is 0 Å². The van der Waals surface area contributed by atoms with Crippen LogP contribution in [0.25, 0.3) is 10.9 Å². The largest absolute Gasteiger partial charge is 0.416 e. The van der Waals surface area contributed by atoms with Crippen LogP contribution in [-0.2, 0) is 29.9 Å². The molecule has 1 fully saturated rings. The fourth-order valence-corrected chi connectivity index (χ4v) is 5.32. The summed E-state index contributed by atoms with van der Waals surface area (Å²) in [5, 5.41) is 0.955. The first-order chi connectivity index (χ1) is 19.0. The first kappa shape index (κ1) is 28.2. The summed E-state index contributed by atoms with van der Waals surface area (Å²) in [7, 11) is 0. The summed E-state index contributed by atoms with van der Waals surface area (Å²) in [6.07, 6.45) is -7.66. The van der Waals surface area contributed by atoms with Gasteiger partial charge in [-0.3, -0.25) is 4.90 Å². The van der Waals surface area contributed by atoms with Crippen LogP contribution in [0, 0.1) is 0 Å². The van der Waals surface area contributed by atoms with Crippen LogP contribution in [0.5, 0.6) is 0 Å². The Hall–Kier alpha value is -3.38. The molecule has 40 heavy (non-hydrogen) atoms. The molecule has 6 nitrogen and oxygen atoms in total. The Balaban J connectivity index is 1.40. The minimum Gasteiger partial charge on any atom is -0.379 e. The zero-order valence-electron chi connectivity index (χ0n) is 21.5. The highest BCUT2D eigenvalue weighted by Crippen LogP contribution is 2.37. The Kier molecular flexibility index (Phi) is 7.92. The smallest absolute Gasteiger partial charge is 0.379 e. The number of carbonyl (C=O) groups is 1. The van der Waals surface area contributed by atoms with Gasteiger partial charge in [-0.2, -0.15) is 26.3 Å². The maximum absolute atomic E-state index is 13.4. The molecule has 1 saturated heterocycles. The number of hydrogen-bond donors (Lipinski definition) is 1. The van der Waals surface area contributed by atoms with Crippen molar-refractivity contribution in [1.29, 1.82) is 0 Å². The number of alkyl halides is 6. The van der Waals surface area contributed by atoms with E-state index in [1.54, 1.807) is 4.90 Å². The first-order valence-corrected chi connectivity index (χ1v) is 13.0. The van der Waals surface area contributed by atoms with E-state index >= 15 is 0 Å². The number of nitrogens with zero attached hydrogens (tertiary/aromatic N) is 3. The van der Waals surface area contributed by atoms with Crippen LogP contribution in [0.2, 0.25) is 0 Å². The summed E-state index contributed by atoms with van der Waals surface area (Å²) in [6, 6.07) is 8.24. The molecule has 0 bridgehead atoms. The number of nitrogens with one attached hydrogen (secondary N) is 1. The quantitative estimate of drug-likeness (QED) is 0.343. The molecule has 2 amide bonds. The van der Waals surface area contributed by atoms with Gasteiger partial charge in [0.2, 0.25) is 0 Å². The molecule has 1 N–H and O–H groups in total. The minimum atomic E-state index is -4.93. The lowest BCUT2D eigenvalue weighted by Crippen LogP contribution is -2.45. The third-order valence-corrected chi connectivity index (χ3v) is 7.41. The number of aromatic amines is 1. The molecule has 1 aromatic heterocycles. The number of fused-ring (bicyclic) bond motifs is 1. The lowest BCUT2D eigenvalue weighted by molar-refractivity contribution is -0.143. The fraction of sp³-hybridized carbons (Fsp3) is 0.429. The number of carbonyl (C=O) groups excluding carboxylic acids is 1. The Morgan fingerprint density at radius 1 is 0.950 bits per heavy atom. The van der Waals surface area contributed by atoms with Crippen molar-refractivity contribution in [3.05, 3.63) is 70.9 Å². The van der Waals surface area contributed by atoms with Crippen molar-refractivity contribution in [1.82, 2.24) is 14.8 Å². The number of amides is 2. The zero-order valence-corrected chi connectivity index (χ0v) is 21.5. The molecule has 0 spiro atoms. The van der Waals surface area contributed by atoms with Gasteiger partial charge in [-0.15, -0.1) is 0 Å². The summed E-state index contributed by atoms with van der Waals surface area (Å²) in [4.78, 5) is 24.3. The van der Waals surface area contributed by atoms with Crippen molar-refractivity contribution in [3.63, 3.8) is 0 Å². The predicted molar refractivity (Wildman–Crippen MR) is 137 cm³/mol. The molecule has 2 aliphatic heterocycles. The average Bonchev–Trinajstić information content (AvgIpc) is 3.45. The van der Waals surface area contributed by atoms with E-state index in [0.29, 0.717) is 51.5 Å². The van der Waals surface area contributed by atoms with Crippen LogP contribution < -0.4 is 0 Å². The van der Waals surface area contributed by atoms with Gasteiger partial charge in [-0.05, 0) is 48.2 Å². The predicted octanol–water partition coefficient (Wildman–Crippen LogP) is 5.96. The highest BCUT2D eigenvalue weighted by atomic mass is 19.4. The molecule has 2 aliphatic rings. The van der Waals surface area contributed by atoms with E-state index in [1.807, 2.05) is 30.5 Å². The maximum atomic E-state index is 13.4. The van der Waals surface area contributed by atoms with Crippen LogP contribution in [0.3, 0.4) is 0 Å². The first-order valence-electron chi connectivity index (χ1n) is 13.0. The molecular weight excluding hydrogens is 538 g/mol. The molecule has 3 heterocycles. The number of H-pyrrole nitrogens is 1. The molecule has 12 heteroatoms. The number of urea groups is 1. The van der Waals surface area contributed by atoms with Crippen molar-refractivity contribution in [2.45, 2.75) is 37.7 Å². The molecule has 0 radical (unpaired) electrons. The van der Waals surface area contributed by atoms with Crippen LogP contribution in [0.4, 0.5) is 31.1 Å². The molecule has 5 rings (SSSR count). The molecule has 0 saturated carbocycles. The average molecular weight is 567 g/mol. The minimum absolute atomic E-state index is 0.0914. The number of ether oxygens (including phenoxy) is 1. The van der Waals surface area contributed by atoms with Crippen molar-refractivity contribution in [3.8, 4) is 0 Å². The van der Waals surface area contributed by atoms with Gasteiger partial charge in [0, 0.05) is 49.7 Å². The van der Waals surface area contributed by atoms with Crippen LogP contribution in [0.15, 0.2) is 53.7 Å². The Morgan fingerprint density at radius 2 is 1.62 bits per heavy atom. The van der Waals surface area contributed by atoms with E-state index < -0.39 is 35.6 Å². The third-order valence-electron chi connectivity index (χ3n) is 7.41. The van der Waals surface area contributed by atoms with Gasteiger partial charge in [0.05, 0.1) is 36.1 Å². The van der Waals surface area contributed by atoms with Crippen molar-refractivity contribution in [2.75, 3.05) is 39.4 Å². The molecular formula is C28H28F6N4O2. The van der Waals surface area contributed by atoms with E-state index in [-0.39, 0.29) is 24.5 Å². The van der Waals surface area contributed by atoms with Crippen LogP contribution in [-0.4, -0.2) is 72.0 Å².